The number of nitrogens with two attached hydrogens (primary N) is 1. The molecule has 1 aliphatic heterocycles. The second kappa shape index (κ2) is 3.97. The summed E-state index contributed by atoms with van der Waals surface area (Å²) in [6, 6.07) is 1.04. The molecule has 2 atom stereocenters. The van der Waals surface area contributed by atoms with Crippen LogP contribution in [0, 0.1) is 5.41 Å². The molecule has 2 nitrogen and oxygen atoms in total. The number of hydrogen-bond acceptors (Lipinski definition) is 2. The molecule has 0 radical (unpaired) electrons. The SMILES string of the molecule is CC1CCCN1C[C@H](N)C(C)(C)C. The minimum absolute atomic E-state index is 0.238. The molecule has 2 heteroatoms. The van der Waals surface area contributed by atoms with Gasteiger partial charge in [-0.25, -0.2) is 0 Å². The van der Waals surface area contributed by atoms with E-state index in [4.69, 9.17) is 5.73 Å². The number of nitrogens with zero attached hydrogens (tertiary/aromatic N) is 1. The zero-order valence-electron chi connectivity index (χ0n) is 9.51. The van der Waals surface area contributed by atoms with Crippen LogP contribution in [-0.4, -0.2) is 30.1 Å². The minimum Gasteiger partial charge on any atom is -0.326 e. The van der Waals surface area contributed by atoms with Gasteiger partial charge in [0.25, 0.3) is 0 Å². The lowest BCUT2D eigenvalue weighted by Crippen LogP contribution is -2.46. The molecule has 1 heterocycles. The Bertz CT molecular complexity index is 160. The van der Waals surface area contributed by atoms with Crippen molar-refractivity contribution in [3.63, 3.8) is 0 Å². The molecule has 1 saturated heterocycles. The quantitative estimate of drug-likeness (QED) is 0.709. The highest BCUT2D eigenvalue weighted by Gasteiger charge is 2.27. The molecule has 78 valence electrons. The second-order valence-corrected chi connectivity index (χ2v) is 5.46. The summed E-state index contributed by atoms with van der Waals surface area (Å²) < 4.78 is 0. The monoisotopic (exact) mass is 184 g/mol. The van der Waals surface area contributed by atoms with E-state index in [1.165, 1.54) is 19.4 Å². The molecule has 0 aromatic rings. The highest BCUT2D eigenvalue weighted by Crippen LogP contribution is 2.22. The van der Waals surface area contributed by atoms with Crippen molar-refractivity contribution in [2.45, 2.75) is 52.6 Å². The summed E-state index contributed by atoms with van der Waals surface area (Å²) in [6.07, 6.45) is 2.69. The Morgan fingerprint density at radius 1 is 1.46 bits per heavy atom. The van der Waals surface area contributed by atoms with Gasteiger partial charge < -0.3 is 5.73 Å². The van der Waals surface area contributed by atoms with E-state index in [-0.39, 0.29) is 5.41 Å². The van der Waals surface area contributed by atoms with E-state index in [1.807, 2.05) is 0 Å². The lowest BCUT2D eigenvalue weighted by molar-refractivity contribution is 0.194. The predicted molar refractivity (Wildman–Crippen MR) is 57.7 cm³/mol. The zero-order valence-corrected chi connectivity index (χ0v) is 9.51. The van der Waals surface area contributed by atoms with Gasteiger partial charge in [0.05, 0.1) is 0 Å². The average molecular weight is 184 g/mol. The molecule has 1 aliphatic rings. The lowest BCUT2D eigenvalue weighted by Gasteiger charge is -2.32. The fraction of sp³-hybridized carbons (Fsp3) is 1.00. The van der Waals surface area contributed by atoms with Crippen molar-refractivity contribution < 1.29 is 0 Å². The first kappa shape index (κ1) is 11.0. The number of hydrogen-bond donors (Lipinski definition) is 1. The summed E-state index contributed by atoms with van der Waals surface area (Å²) in [5.41, 5.74) is 6.39. The minimum atomic E-state index is 0.238. The molecule has 1 fully saturated rings. The second-order valence-electron chi connectivity index (χ2n) is 5.46. The smallest absolute Gasteiger partial charge is 0.0217 e. The van der Waals surface area contributed by atoms with Gasteiger partial charge in [0.1, 0.15) is 0 Å². The first-order valence-electron chi connectivity index (χ1n) is 5.41. The van der Waals surface area contributed by atoms with Crippen LogP contribution in [0.1, 0.15) is 40.5 Å². The molecule has 0 saturated carbocycles. The maximum Gasteiger partial charge on any atom is 0.0217 e. The van der Waals surface area contributed by atoms with Gasteiger partial charge in [-0.15, -0.1) is 0 Å². The summed E-state index contributed by atoms with van der Waals surface area (Å²) in [5.74, 6) is 0. The van der Waals surface area contributed by atoms with Crippen LogP contribution in [0.2, 0.25) is 0 Å². The van der Waals surface area contributed by atoms with Crippen LogP contribution in [0.3, 0.4) is 0 Å². The molecule has 1 rings (SSSR count). The van der Waals surface area contributed by atoms with Crippen LogP contribution in [0.25, 0.3) is 0 Å². The molecular weight excluding hydrogens is 160 g/mol. The topological polar surface area (TPSA) is 29.3 Å². The van der Waals surface area contributed by atoms with Crippen LogP contribution in [-0.2, 0) is 0 Å². The summed E-state index contributed by atoms with van der Waals surface area (Å²) in [4.78, 5) is 2.52. The summed E-state index contributed by atoms with van der Waals surface area (Å²) in [7, 11) is 0. The van der Waals surface area contributed by atoms with Crippen molar-refractivity contribution in [2.24, 2.45) is 11.1 Å². The number of rotatable bonds is 2. The van der Waals surface area contributed by atoms with Crippen LogP contribution < -0.4 is 5.73 Å². The molecule has 1 unspecified atom stereocenters. The molecule has 0 aromatic carbocycles. The molecule has 0 bridgehead atoms. The highest BCUT2D eigenvalue weighted by molar-refractivity contribution is 4.84. The largest absolute Gasteiger partial charge is 0.326 e. The molecule has 0 amide bonds. The van der Waals surface area contributed by atoms with Crippen LogP contribution in [0.5, 0.6) is 0 Å². The van der Waals surface area contributed by atoms with E-state index >= 15 is 0 Å². The fourth-order valence-electron chi connectivity index (χ4n) is 1.79. The Balaban J connectivity index is 2.40. The van der Waals surface area contributed by atoms with Gasteiger partial charge in [-0.2, -0.15) is 0 Å². The molecule has 0 aliphatic carbocycles. The third-order valence-electron chi connectivity index (χ3n) is 3.23. The molecule has 0 spiro atoms. The standard InChI is InChI=1S/C11H24N2/c1-9-6-5-7-13(9)8-10(12)11(2,3)4/h9-10H,5-8,12H2,1-4H3/t9?,10-/m0/s1. The normalized spacial score (nSPS) is 27.9. The van der Waals surface area contributed by atoms with E-state index in [2.05, 4.69) is 32.6 Å². The first-order valence-corrected chi connectivity index (χ1v) is 5.41. The van der Waals surface area contributed by atoms with E-state index in [0.717, 1.165) is 12.6 Å². The fourth-order valence-corrected chi connectivity index (χ4v) is 1.79. The summed E-state index contributed by atoms with van der Waals surface area (Å²) in [6.45, 7) is 11.3. The Hall–Kier alpha value is -0.0800. The van der Waals surface area contributed by atoms with Gasteiger partial charge in [0.2, 0.25) is 0 Å². The van der Waals surface area contributed by atoms with E-state index in [1.54, 1.807) is 0 Å². The molecule has 13 heavy (non-hydrogen) atoms. The van der Waals surface area contributed by atoms with Crippen molar-refractivity contribution in [2.75, 3.05) is 13.1 Å². The Kier molecular flexibility index (Phi) is 3.36. The van der Waals surface area contributed by atoms with Crippen LogP contribution in [0.4, 0.5) is 0 Å². The van der Waals surface area contributed by atoms with Crippen molar-refractivity contribution >= 4 is 0 Å². The Labute approximate surface area is 82.5 Å². The van der Waals surface area contributed by atoms with Gasteiger partial charge in [0, 0.05) is 18.6 Å². The van der Waals surface area contributed by atoms with E-state index in [0.29, 0.717) is 6.04 Å². The summed E-state index contributed by atoms with van der Waals surface area (Å²) in [5, 5.41) is 0. The van der Waals surface area contributed by atoms with Gasteiger partial charge in [-0.05, 0) is 31.7 Å². The third kappa shape index (κ3) is 2.96. The van der Waals surface area contributed by atoms with Crippen molar-refractivity contribution in [1.29, 1.82) is 0 Å². The van der Waals surface area contributed by atoms with Crippen LogP contribution >= 0.6 is 0 Å². The third-order valence-corrected chi connectivity index (χ3v) is 3.23. The van der Waals surface area contributed by atoms with Crippen molar-refractivity contribution in [3.8, 4) is 0 Å². The van der Waals surface area contributed by atoms with Gasteiger partial charge in [-0.3, -0.25) is 4.90 Å². The van der Waals surface area contributed by atoms with Gasteiger partial charge in [0.15, 0.2) is 0 Å². The van der Waals surface area contributed by atoms with Crippen molar-refractivity contribution in [1.82, 2.24) is 4.90 Å². The Morgan fingerprint density at radius 3 is 2.46 bits per heavy atom. The zero-order chi connectivity index (χ0) is 10.1. The van der Waals surface area contributed by atoms with Crippen LogP contribution in [0.15, 0.2) is 0 Å². The first-order chi connectivity index (χ1) is 5.91. The van der Waals surface area contributed by atoms with Gasteiger partial charge in [-0.1, -0.05) is 20.8 Å². The summed E-state index contributed by atoms with van der Waals surface area (Å²) >= 11 is 0. The maximum atomic E-state index is 6.15. The highest BCUT2D eigenvalue weighted by atomic mass is 15.2. The molecule has 0 aromatic heterocycles. The average Bonchev–Trinajstić information content (AvgIpc) is 2.34. The Morgan fingerprint density at radius 2 is 2.08 bits per heavy atom. The molecular formula is C11H24N2. The van der Waals surface area contributed by atoms with Crippen molar-refractivity contribution in [3.05, 3.63) is 0 Å². The maximum absolute atomic E-state index is 6.15. The van der Waals surface area contributed by atoms with E-state index in [9.17, 15) is 0 Å². The van der Waals surface area contributed by atoms with Gasteiger partial charge >= 0.3 is 0 Å². The van der Waals surface area contributed by atoms with E-state index < -0.39 is 0 Å². The molecule has 2 N–H and O–H groups in total. The number of likely N-dealkylation sites (tertiary alicyclic amines) is 1. The predicted octanol–water partition coefficient (Wildman–Crippen LogP) is 1.84. The lowest BCUT2D eigenvalue weighted by atomic mass is 9.87.